The van der Waals surface area contributed by atoms with E-state index in [0.717, 1.165) is 29.5 Å². The Morgan fingerprint density at radius 3 is 1.43 bits per heavy atom. The third kappa shape index (κ3) is 4.99. The summed E-state index contributed by atoms with van der Waals surface area (Å²) in [6.45, 7) is 2.84. The van der Waals surface area contributed by atoms with E-state index < -0.39 is 5.54 Å². The number of nitrogens with one attached hydrogen (secondary N) is 1. The van der Waals surface area contributed by atoms with E-state index in [1.54, 1.807) is 48.5 Å². The zero-order chi connectivity index (χ0) is 28.1. The second-order valence-electron chi connectivity index (χ2n) is 9.89. The number of para-hydroxylation sites is 2. The Bertz CT molecular complexity index is 1520. The summed E-state index contributed by atoms with van der Waals surface area (Å²) in [6, 6.07) is 34.8. The predicted octanol–water partition coefficient (Wildman–Crippen LogP) is 7.52. The molecule has 0 aliphatic heterocycles. The summed E-state index contributed by atoms with van der Waals surface area (Å²) in [7, 11) is 0. The molecule has 202 valence electrons. The average molecular weight is 532 g/mol. The fourth-order valence-corrected chi connectivity index (χ4v) is 5.32. The van der Waals surface area contributed by atoms with E-state index in [0.29, 0.717) is 28.8 Å². The van der Waals surface area contributed by atoms with Crippen LogP contribution < -0.4 is 5.32 Å². The minimum absolute atomic E-state index is 0.0568. The van der Waals surface area contributed by atoms with Gasteiger partial charge in [-0.2, -0.15) is 0 Å². The lowest BCUT2D eigenvalue weighted by molar-refractivity contribution is 0.454. The Labute approximate surface area is 234 Å². The Kier molecular flexibility index (Phi) is 7.76. The van der Waals surface area contributed by atoms with Crippen LogP contribution in [0.1, 0.15) is 36.5 Å². The van der Waals surface area contributed by atoms with Crippen LogP contribution in [0.2, 0.25) is 0 Å². The molecule has 0 fully saturated rings. The van der Waals surface area contributed by atoms with Gasteiger partial charge in [0.1, 0.15) is 23.0 Å². The second kappa shape index (κ2) is 11.6. The van der Waals surface area contributed by atoms with E-state index >= 15 is 0 Å². The van der Waals surface area contributed by atoms with Crippen LogP contribution in [0.3, 0.4) is 0 Å². The minimum Gasteiger partial charge on any atom is -0.507 e. The zero-order valence-electron chi connectivity index (χ0n) is 22.4. The second-order valence-corrected chi connectivity index (χ2v) is 9.89. The van der Waals surface area contributed by atoms with Crippen LogP contribution in [0, 0.1) is 0 Å². The molecule has 0 radical (unpaired) electrons. The number of hydrogen-bond acceptors (Lipinski definition) is 5. The van der Waals surface area contributed by atoms with E-state index in [-0.39, 0.29) is 23.0 Å². The standard InChI is InChI=1S/C35H33NO4/c1-2-3-21-36-35(24-11-5-4-6-12-24,25-17-19-33(39)29(22-25)27-13-7-9-15-31(27)37)26-18-20-34(40)30(23-26)28-14-8-10-16-32(28)38/h4-20,22-23,36-40H,2-3,21H2,1H3. The molecular weight excluding hydrogens is 498 g/mol. The Morgan fingerprint density at radius 2 is 0.950 bits per heavy atom. The maximum atomic E-state index is 10.9. The fourth-order valence-electron chi connectivity index (χ4n) is 5.32. The minimum atomic E-state index is -0.893. The van der Waals surface area contributed by atoms with Crippen molar-refractivity contribution in [3.8, 4) is 45.3 Å². The first-order valence-corrected chi connectivity index (χ1v) is 13.5. The average Bonchev–Trinajstić information content (AvgIpc) is 2.98. The molecule has 0 aliphatic rings. The van der Waals surface area contributed by atoms with Gasteiger partial charge in [-0.05, 0) is 66.1 Å². The summed E-state index contributed by atoms with van der Waals surface area (Å²) >= 11 is 0. The van der Waals surface area contributed by atoms with Crippen molar-refractivity contribution in [1.82, 2.24) is 5.32 Å². The Hall–Kier alpha value is -4.74. The Balaban J connectivity index is 1.81. The number of benzene rings is 5. The SMILES string of the molecule is CCCCNC(c1ccccc1)(c1ccc(O)c(-c2ccccc2O)c1)c1ccc(O)c(-c2ccccc2O)c1. The summed E-state index contributed by atoms with van der Waals surface area (Å²) in [5, 5.41) is 46.9. The van der Waals surface area contributed by atoms with E-state index in [2.05, 4.69) is 24.4 Å². The smallest absolute Gasteiger partial charge is 0.123 e. The van der Waals surface area contributed by atoms with Crippen LogP contribution in [0.4, 0.5) is 0 Å². The fraction of sp³-hybridized carbons (Fsp3) is 0.143. The molecule has 0 unspecified atom stereocenters. The highest BCUT2D eigenvalue weighted by Crippen LogP contribution is 2.45. The van der Waals surface area contributed by atoms with E-state index in [4.69, 9.17) is 0 Å². The number of rotatable bonds is 9. The van der Waals surface area contributed by atoms with Gasteiger partial charge in [0.05, 0.1) is 5.54 Å². The van der Waals surface area contributed by atoms with Gasteiger partial charge in [0.15, 0.2) is 0 Å². The predicted molar refractivity (Wildman–Crippen MR) is 160 cm³/mol. The van der Waals surface area contributed by atoms with Crippen molar-refractivity contribution in [1.29, 1.82) is 0 Å². The molecule has 0 heterocycles. The highest BCUT2D eigenvalue weighted by Gasteiger charge is 2.37. The van der Waals surface area contributed by atoms with Crippen molar-refractivity contribution < 1.29 is 20.4 Å². The lowest BCUT2D eigenvalue weighted by atomic mass is 9.75. The van der Waals surface area contributed by atoms with Crippen LogP contribution in [-0.2, 0) is 5.54 Å². The van der Waals surface area contributed by atoms with Gasteiger partial charge in [-0.25, -0.2) is 0 Å². The molecule has 5 heteroatoms. The van der Waals surface area contributed by atoms with Crippen LogP contribution in [0.15, 0.2) is 115 Å². The highest BCUT2D eigenvalue weighted by atomic mass is 16.3. The first-order chi connectivity index (χ1) is 19.5. The number of hydrogen-bond donors (Lipinski definition) is 5. The topological polar surface area (TPSA) is 93.0 Å². The van der Waals surface area contributed by atoms with E-state index in [9.17, 15) is 20.4 Å². The molecule has 5 aromatic carbocycles. The molecule has 0 saturated carbocycles. The number of phenols is 4. The van der Waals surface area contributed by atoms with Crippen molar-refractivity contribution in [2.75, 3.05) is 6.54 Å². The molecule has 5 nitrogen and oxygen atoms in total. The van der Waals surface area contributed by atoms with Gasteiger partial charge in [0.2, 0.25) is 0 Å². The Morgan fingerprint density at radius 1 is 0.500 bits per heavy atom. The van der Waals surface area contributed by atoms with Gasteiger partial charge in [0.25, 0.3) is 0 Å². The first kappa shape index (κ1) is 26.9. The van der Waals surface area contributed by atoms with Gasteiger partial charge < -0.3 is 20.4 Å². The quantitative estimate of drug-likeness (QED) is 0.100. The molecule has 0 saturated heterocycles. The van der Waals surface area contributed by atoms with Crippen LogP contribution in [0.5, 0.6) is 23.0 Å². The van der Waals surface area contributed by atoms with Crippen LogP contribution >= 0.6 is 0 Å². The van der Waals surface area contributed by atoms with Gasteiger partial charge in [-0.3, -0.25) is 5.32 Å². The molecule has 0 aliphatic carbocycles. The summed E-state index contributed by atoms with van der Waals surface area (Å²) in [5.74, 6) is 0.263. The number of phenolic OH excluding ortho intramolecular Hbond substituents is 4. The molecule has 5 rings (SSSR count). The maximum absolute atomic E-state index is 10.9. The zero-order valence-corrected chi connectivity index (χ0v) is 22.4. The molecule has 0 atom stereocenters. The molecule has 0 spiro atoms. The summed E-state index contributed by atoms with van der Waals surface area (Å²) in [5.41, 5.74) is 3.83. The highest BCUT2D eigenvalue weighted by molar-refractivity contribution is 5.78. The van der Waals surface area contributed by atoms with Gasteiger partial charge >= 0.3 is 0 Å². The lowest BCUT2D eigenvalue weighted by Gasteiger charge is -2.38. The molecule has 40 heavy (non-hydrogen) atoms. The third-order valence-corrected chi connectivity index (χ3v) is 7.37. The van der Waals surface area contributed by atoms with E-state index in [1.165, 1.54) is 0 Å². The van der Waals surface area contributed by atoms with E-state index in [1.807, 2.05) is 54.6 Å². The summed E-state index contributed by atoms with van der Waals surface area (Å²) in [4.78, 5) is 0. The molecular formula is C35H33NO4. The monoisotopic (exact) mass is 531 g/mol. The molecule has 0 bridgehead atoms. The summed E-state index contributed by atoms with van der Waals surface area (Å²) < 4.78 is 0. The van der Waals surface area contributed by atoms with Gasteiger partial charge in [-0.15, -0.1) is 0 Å². The molecule has 5 aromatic rings. The molecule has 5 N–H and O–H groups in total. The van der Waals surface area contributed by atoms with Crippen molar-refractivity contribution >= 4 is 0 Å². The number of aromatic hydroxyl groups is 4. The maximum Gasteiger partial charge on any atom is 0.123 e. The first-order valence-electron chi connectivity index (χ1n) is 13.5. The normalized spacial score (nSPS) is 11.4. The van der Waals surface area contributed by atoms with Crippen molar-refractivity contribution in [3.05, 3.63) is 132 Å². The van der Waals surface area contributed by atoms with Crippen molar-refractivity contribution in [2.24, 2.45) is 0 Å². The van der Waals surface area contributed by atoms with Crippen LogP contribution in [0.25, 0.3) is 22.3 Å². The largest absolute Gasteiger partial charge is 0.507 e. The molecule has 0 aromatic heterocycles. The van der Waals surface area contributed by atoms with Gasteiger partial charge in [0, 0.05) is 22.3 Å². The van der Waals surface area contributed by atoms with Crippen molar-refractivity contribution in [2.45, 2.75) is 25.3 Å². The van der Waals surface area contributed by atoms with Crippen molar-refractivity contribution in [3.63, 3.8) is 0 Å². The van der Waals surface area contributed by atoms with Crippen LogP contribution in [-0.4, -0.2) is 27.0 Å². The van der Waals surface area contributed by atoms with Gasteiger partial charge in [-0.1, -0.05) is 92.2 Å². The number of unbranched alkanes of at least 4 members (excludes halogenated alkanes) is 1. The molecule has 0 amide bonds. The lowest BCUT2D eigenvalue weighted by Crippen LogP contribution is -2.45. The summed E-state index contributed by atoms with van der Waals surface area (Å²) in [6.07, 6.45) is 1.93. The third-order valence-electron chi connectivity index (χ3n) is 7.37.